The van der Waals surface area contributed by atoms with Crippen LogP contribution in [0.25, 0.3) is 0 Å². The van der Waals surface area contributed by atoms with E-state index in [4.69, 9.17) is 4.84 Å². The van der Waals surface area contributed by atoms with E-state index in [0.29, 0.717) is 12.0 Å². The molecule has 21 heavy (non-hydrogen) atoms. The van der Waals surface area contributed by atoms with E-state index in [-0.39, 0.29) is 17.8 Å². The average Bonchev–Trinajstić information content (AvgIpc) is 2.70. The molecule has 3 aliphatic rings. The predicted octanol–water partition coefficient (Wildman–Crippen LogP) is 1.23. The molecule has 5 heteroatoms. The normalized spacial score (nSPS) is 42.6. The van der Waals surface area contributed by atoms with Crippen molar-refractivity contribution in [1.82, 2.24) is 20.6 Å². The van der Waals surface area contributed by atoms with Crippen LogP contribution in [0.2, 0.25) is 0 Å². The van der Waals surface area contributed by atoms with Crippen molar-refractivity contribution in [3.05, 3.63) is 0 Å². The summed E-state index contributed by atoms with van der Waals surface area (Å²) in [5.41, 5.74) is 3.46. The number of nitrogens with zero attached hydrogens (tertiary/aromatic N) is 2. The highest BCUT2D eigenvalue weighted by molar-refractivity contribution is 4.90. The minimum absolute atomic E-state index is 0.180. The molecule has 0 radical (unpaired) electrons. The molecule has 0 aromatic heterocycles. The van der Waals surface area contributed by atoms with Crippen LogP contribution in [-0.2, 0) is 4.84 Å². The van der Waals surface area contributed by atoms with Crippen molar-refractivity contribution in [2.75, 3.05) is 33.2 Å². The van der Waals surface area contributed by atoms with Gasteiger partial charge in [-0.05, 0) is 51.4 Å². The molecule has 2 N–H and O–H groups in total. The van der Waals surface area contributed by atoms with Gasteiger partial charge >= 0.3 is 0 Å². The van der Waals surface area contributed by atoms with Crippen LogP contribution in [0.15, 0.2) is 0 Å². The van der Waals surface area contributed by atoms with Gasteiger partial charge in [0.05, 0.1) is 6.17 Å². The van der Waals surface area contributed by atoms with E-state index >= 15 is 0 Å². The molecule has 5 nitrogen and oxygen atoms in total. The Bertz CT molecular complexity index is 341. The minimum atomic E-state index is 0.180. The Morgan fingerprint density at radius 2 is 2.00 bits per heavy atom. The minimum Gasteiger partial charge on any atom is -0.314 e. The first-order chi connectivity index (χ1) is 9.95. The van der Waals surface area contributed by atoms with Crippen LogP contribution in [0.4, 0.5) is 0 Å². The quantitative estimate of drug-likeness (QED) is 0.761. The van der Waals surface area contributed by atoms with Crippen LogP contribution < -0.4 is 10.8 Å². The van der Waals surface area contributed by atoms with Crippen LogP contribution in [0.3, 0.4) is 0 Å². The molecule has 5 atom stereocenters. The maximum Gasteiger partial charge on any atom is 0.137 e. The number of hydroxylamine groups is 1. The van der Waals surface area contributed by atoms with E-state index in [1.165, 1.54) is 38.9 Å². The van der Waals surface area contributed by atoms with E-state index in [9.17, 15) is 0 Å². The summed E-state index contributed by atoms with van der Waals surface area (Å²) in [5, 5.41) is 3.74. The van der Waals surface area contributed by atoms with E-state index in [1.807, 2.05) is 0 Å². The summed E-state index contributed by atoms with van der Waals surface area (Å²) < 4.78 is 0. The second-order valence-electron chi connectivity index (χ2n) is 8.15. The second-order valence-corrected chi connectivity index (χ2v) is 8.15. The highest BCUT2D eigenvalue weighted by Gasteiger charge is 2.43. The fraction of sp³-hybridized carbons (Fsp3) is 1.00. The van der Waals surface area contributed by atoms with Crippen molar-refractivity contribution in [2.45, 2.75) is 58.5 Å². The number of hydrogen-bond acceptors (Lipinski definition) is 5. The van der Waals surface area contributed by atoms with Crippen molar-refractivity contribution in [3.63, 3.8) is 0 Å². The second kappa shape index (κ2) is 6.13. The Morgan fingerprint density at radius 3 is 2.71 bits per heavy atom. The van der Waals surface area contributed by atoms with Gasteiger partial charge < -0.3 is 10.2 Å². The molecule has 3 saturated heterocycles. The highest BCUT2D eigenvalue weighted by Crippen LogP contribution is 2.33. The SMILES string of the molecule is CN1C(C(C)(C)C)NO[C@@H]1[C@@H]1CC2CCN(CCCN2)C1. The van der Waals surface area contributed by atoms with Crippen molar-refractivity contribution < 1.29 is 4.84 Å². The van der Waals surface area contributed by atoms with E-state index in [2.05, 4.69) is 48.4 Å². The van der Waals surface area contributed by atoms with Gasteiger partial charge in [-0.1, -0.05) is 20.8 Å². The van der Waals surface area contributed by atoms with Gasteiger partial charge in [-0.2, -0.15) is 5.48 Å². The van der Waals surface area contributed by atoms with Gasteiger partial charge in [0.1, 0.15) is 6.23 Å². The first kappa shape index (κ1) is 15.7. The molecular formula is C16H32N4O. The molecular weight excluding hydrogens is 264 g/mol. The monoisotopic (exact) mass is 296 g/mol. The summed E-state index contributed by atoms with van der Waals surface area (Å²) in [6, 6.07) is 0.658. The maximum atomic E-state index is 6.03. The summed E-state index contributed by atoms with van der Waals surface area (Å²) in [6.07, 6.45) is 4.26. The predicted molar refractivity (Wildman–Crippen MR) is 84.6 cm³/mol. The lowest BCUT2D eigenvalue weighted by Gasteiger charge is -2.35. The first-order valence-corrected chi connectivity index (χ1v) is 8.54. The maximum absolute atomic E-state index is 6.03. The topological polar surface area (TPSA) is 39.8 Å². The molecule has 3 heterocycles. The molecule has 0 saturated carbocycles. The Morgan fingerprint density at radius 1 is 1.19 bits per heavy atom. The number of rotatable bonds is 1. The fourth-order valence-electron chi connectivity index (χ4n) is 4.19. The molecule has 2 bridgehead atoms. The summed E-state index contributed by atoms with van der Waals surface area (Å²) in [7, 11) is 2.21. The molecule has 3 fully saturated rings. The Kier molecular flexibility index (Phi) is 4.58. The van der Waals surface area contributed by atoms with Gasteiger partial charge in [-0.25, -0.2) is 0 Å². The van der Waals surface area contributed by atoms with Gasteiger partial charge in [0, 0.05) is 18.5 Å². The van der Waals surface area contributed by atoms with Gasteiger partial charge in [0.15, 0.2) is 0 Å². The zero-order chi connectivity index (χ0) is 15.0. The van der Waals surface area contributed by atoms with E-state index < -0.39 is 0 Å². The third kappa shape index (κ3) is 3.42. The summed E-state index contributed by atoms with van der Waals surface area (Å²) >= 11 is 0. The molecule has 3 aliphatic heterocycles. The van der Waals surface area contributed by atoms with Crippen LogP contribution in [0.5, 0.6) is 0 Å². The zero-order valence-electron chi connectivity index (χ0n) is 14.1. The number of fused-ring (bicyclic) bond motifs is 3. The van der Waals surface area contributed by atoms with Gasteiger partial charge in [0.2, 0.25) is 0 Å². The van der Waals surface area contributed by atoms with Crippen molar-refractivity contribution >= 4 is 0 Å². The molecule has 0 aliphatic carbocycles. The Labute approximate surface area is 129 Å². The lowest BCUT2D eigenvalue weighted by molar-refractivity contribution is -0.0498. The third-order valence-corrected chi connectivity index (χ3v) is 5.29. The Balaban J connectivity index is 1.71. The standard InChI is InChI=1S/C16H32N4O/c1-16(2,3)15-18-21-14(19(15)4)12-10-13-6-9-20(11-12)8-5-7-17-13/h12-15,17-18H,5-11H2,1-4H3/t12-,13?,14-,15?/m1/s1. The smallest absolute Gasteiger partial charge is 0.137 e. The van der Waals surface area contributed by atoms with Gasteiger partial charge in [-0.15, -0.1) is 0 Å². The van der Waals surface area contributed by atoms with E-state index in [0.717, 1.165) is 6.54 Å². The fourth-order valence-corrected chi connectivity index (χ4v) is 4.19. The molecule has 0 aromatic carbocycles. The summed E-state index contributed by atoms with van der Waals surface area (Å²) in [6.45, 7) is 11.6. The molecule has 0 spiro atoms. The Hall–Kier alpha value is -0.200. The molecule has 3 unspecified atom stereocenters. The lowest BCUT2D eigenvalue weighted by Crippen LogP contribution is -2.48. The lowest BCUT2D eigenvalue weighted by atomic mass is 9.90. The van der Waals surface area contributed by atoms with Crippen LogP contribution >= 0.6 is 0 Å². The number of nitrogens with one attached hydrogen (secondary N) is 2. The first-order valence-electron chi connectivity index (χ1n) is 8.54. The number of hydrogen-bond donors (Lipinski definition) is 2. The van der Waals surface area contributed by atoms with Crippen molar-refractivity contribution in [3.8, 4) is 0 Å². The molecule has 122 valence electrons. The van der Waals surface area contributed by atoms with Crippen LogP contribution in [0, 0.1) is 11.3 Å². The largest absolute Gasteiger partial charge is 0.314 e. The van der Waals surface area contributed by atoms with Crippen LogP contribution in [-0.4, -0.2) is 61.5 Å². The molecule has 3 rings (SSSR count). The van der Waals surface area contributed by atoms with Crippen molar-refractivity contribution in [1.29, 1.82) is 0 Å². The van der Waals surface area contributed by atoms with Crippen LogP contribution in [0.1, 0.15) is 40.0 Å². The van der Waals surface area contributed by atoms with Gasteiger partial charge in [-0.3, -0.25) is 9.74 Å². The molecule has 0 amide bonds. The third-order valence-electron chi connectivity index (χ3n) is 5.29. The summed E-state index contributed by atoms with van der Waals surface area (Å²) in [4.78, 5) is 11.1. The molecule has 0 aromatic rings. The van der Waals surface area contributed by atoms with Crippen molar-refractivity contribution in [2.24, 2.45) is 11.3 Å². The zero-order valence-corrected chi connectivity index (χ0v) is 14.1. The summed E-state index contributed by atoms with van der Waals surface area (Å²) in [5.74, 6) is 0.577. The average molecular weight is 296 g/mol. The van der Waals surface area contributed by atoms with Gasteiger partial charge in [0.25, 0.3) is 0 Å². The van der Waals surface area contributed by atoms with E-state index in [1.54, 1.807) is 0 Å². The highest BCUT2D eigenvalue weighted by atomic mass is 16.7.